The Labute approximate surface area is 165 Å². The van der Waals surface area contributed by atoms with Gasteiger partial charge in [-0.05, 0) is 29.7 Å². The Bertz CT molecular complexity index is 784. The second-order valence-corrected chi connectivity index (χ2v) is 6.94. The number of nitrogens with zero attached hydrogens (tertiary/aromatic N) is 2. The van der Waals surface area contributed by atoms with E-state index in [1.54, 1.807) is 12.0 Å². The van der Waals surface area contributed by atoms with Crippen LogP contribution >= 0.6 is 0 Å². The molecular weight excluding hydrogens is 354 g/mol. The first-order valence-corrected chi connectivity index (χ1v) is 9.58. The fourth-order valence-corrected chi connectivity index (χ4v) is 3.38. The average Bonchev–Trinajstić information content (AvgIpc) is 2.77. The summed E-state index contributed by atoms with van der Waals surface area (Å²) in [5.41, 5.74) is 8.03. The van der Waals surface area contributed by atoms with Crippen molar-refractivity contribution >= 4 is 11.8 Å². The topological polar surface area (TPSA) is 75.9 Å². The lowest BCUT2D eigenvalue weighted by Gasteiger charge is -2.36. The Morgan fingerprint density at radius 2 is 1.57 bits per heavy atom. The molecule has 6 heteroatoms. The number of carbonyl (C=O) groups excluding carboxylic acids is 2. The van der Waals surface area contributed by atoms with E-state index in [4.69, 9.17) is 10.5 Å². The maximum Gasteiger partial charge on any atom is 0.244 e. The van der Waals surface area contributed by atoms with Gasteiger partial charge in [-0.25, -0.2) is 0 Å². The zero-order valence-electron chi connectivity index (χ0n) is 16.2. The molecule has 28 heavy (non-hydrogen) atoms. The summed E-state index contributed by atoms with van der Waals surface area (Å²) in [6, 6.07) is 16.5. The van der Waals surface area contributed by atoms with Gasteiger partial charge in [-0.3, -0.25) is 9.59 Å². The van der Waals surface area contributed by atoms with E-state index in [9.17, 15) is 9.59 Å². The molecule has 6 nitrogen and oxygen atoms in total. The van der Waals surface area contributed by atoms with E-state index >= 15 is 0 Å². The Hall–Kier alpha value is -2.86. The molecule has 0 radical (unpaired) electrons. The number of piperazine rings is 1. The maximum absolute atomic E-state index is 12.6. The predicted molar refractivity (Wildman–Crippen MR) is 108 cm³/mol. The second-order valence-electron chi connectivity index (χ2n) is 6.94. The van der Waals surface area contributed by atoms with Crippen LogP contribution in [0.15, 0.2) is 54.6 Å². The van der Waals surface area contributed by atoms with Crippen LogP contribution in [0, 0.1) is 0 Å². The smallest absolute Gasteiger partial charge is 0.244 e. The molecule has 1 heterocycles. The minimum Gasteiger partial charge on any atom is -0.497 e. The van der Waals surface area contributed by atoms with Crippen molar-refractivity contribution < 1.29 is 14.3 Å². The number of carbonyl (C=O) groups is 2. The molecule has 0 aliphatic carbocycles. The van der Waals surface area contributed by atoms with E-state index in [0.29, 0.717) is 39.0 Å². The van der Waals surface area contributed by atoms with Gasteiger partial charge in [0.2, 0.25) is 11.8 Å². The molecule has 1 aliphatic heterocycles. The van der Waals surface area contributed by atoms with Gasteiger partial charge in [0.15, 0.2) is 0 Å². The van der Waals surface area contributed by atoms with Crippen molar-refractivity contribution in [1.29, 1.82) is 0 Å². The van der Waals surface area contributed by atoms with Crippen molar-refractivity contribution in [2.45, 2.75) is 18.9 Å². The Balaban J connectivity index is 1.46. The minimum absolute atomic E-state index is 0.0865. The van der Waals surface area contributed by atoms with Gasteiger partial charge in [-0.2, -0.15) is 0 Å². The van der Waals surface area contributed by atoms with Gasteiger partial charge in [0.25, 0.3) is 0 Å². The lowest BCUT2D eigenvalue weighted by atomic mass is 10.1. The molecule has 1 atom stereocenters. The molecule has 0 bridgehead atoms. The molecule has 1 aliphatic rings. The third kappa shape index (κ3) is 4.89. The van der Waals surface area contributed by atoms with Crippen molar-refractivity contribution in [1.82, 2.24) is 9.80 Å². The number of ether oxygens (including phenoxy) is 1. The number of aryl methyl sites for hydroxylation is 1. The first-order valence-electron chi connectivity index (χ1n) is 9.58. The highest BCUT2D eigenvalue weighted by molar-refractivity contribution is 5.83. The third-order valence-electron chi connectivity index (χ3n) is 5.16. The lowest BCUT2D eigenvalue weighted by molar-refractivity contribution is -0.140. The number of nitrogens with two attached hydrogens (primary N) is 1. The van der Waals surface area contributed by atoms with E-state index < -0.39 is 6.04 Å². The Morgan fingerprint density at radius 3 is 2.18 bits per heavy atom. The molecule has 1 saturated heterocycles. The summed E-state index contributed by atoms with van der Waals surface area (Å²) in [6.07, 6.45) is 1.16. The Kier molecular flexibility index (Phi) is 6.66. The highest BCUT2D eigenvalue weighted by atomic mass is 16.5. The van der Waals surface area contributed by atoms with Gasteiger partial charge in [0, 0.05) is 32.6 Å². The molecule has 0 spiro atoms. The fraction of sp³-hybridized carbons (Fsp3) is 0.364. The van der Waals surface area contributed by atoms with Crippen molar-refractivity contribution in [2.75, 3.05) is 33.3 Å². The molecule has 2 aromatic rings. The van der Waals surface area contributed by atoms with Crippen molar-refractivity contribution in [3.8, 4) is 5.75 Å². The van der Waals surface area contributed by atoms with Gasteiger partial charge < -0.3 is 20.3 Å². The van der Waals surface area contributed by atoms with Crippen LogP contribution in [-0.2, 0) is 16.0 Å². The second kappa shape index (κ2) is 9.37. The molecule has 148 valence electrons. The number of methoxy groups -OCH3 is 1. The molecule has 3 rings (SSSR count). The van der Waals surface area contributed by atoms with E-state index in [-0.39, 0.29) is 11.8 Å². The van der Waals surface area contributed by atoms with Crippen LogP contribution in [0.1, 0.15) is 23.6 Å². The van der Waals surface area contributed by atoms with Gasteiger partial charge >= 0.3 is 0 Å². The number of hydrogen-bond acceptors (Lipinski definition) is 4. The van der Waals surface area contributed by atoms with Gasteiger partial charge in [0.05, 0.1) is 7.11 Å². The average molecular weight is 381 g/mol. The summed E-state index contributed by atoms with van der Waals surface area (Å²) >= 11 is 0. The summed E-state index contributed by atoms with van der Waals surface area (Å²) in [4.78, 5) is 28.7. The van der Waals surface area contributed by atoms with Crippen LogP contribution in [-0.4, -0.2) is 54.9 Å². The number of rotatable bonds is 6. The van der Waals surface area contributed by atoms with Crippen molar-refractivity contribution in [2.24, 2.45) is 5.73 Å². The van der Waals surface area contributed by atoms with Crippen LogP contribution in [0.2, 0.25) is 0 Å². The summed E-state index contributed by atoms with van der Waals surface area (Å²) in [5.74, 6) is 0.844. The number of benzene rings is 2. The Morgan fingerprint density at radius 1 is 0.964 bits per heavy atom. The van der Waals surface area contributed by atoms with Crippen molar-refractivity contribution in [3.63, 3.8) is 0 Å². The lowest BCUT2D eigenvalue weighted by Crippen LogP contribution is -2.52. The van der Waals surface area contributed by atoms with E-state index in [0.717, 1.165) is 16.9 Å². The summed E-state index contributed by atoms with van der Waals surface area (Å²) in [5, 5.41) is 0. The molecule has 2 N–H and O–H groups in total. The molecule has 2 amide bonds. The molecule has 2 aromatic carbocycles. The number of hydrogen-bond donors (Lipinski definition) is 1. The van der Waals surface area contributed by atoms with Crippen LogP contribution in [0.3, 0.4) is 0 Å². The maximum atomic E-state index is 12.6. The van der Waals surface area contributed by atoms with E-state index in [1.165, 1.54) is 0 Å². The number of amides is 2. The standard InChI is InChI=1S/C22H27N3O3/c1-28-19-10-7-17(8-11-19)9-12-20(26)24-13-15-25(16-14-24)22(27)21(23)18-5-3-2-4-6-18/h2-8,10-11,21H,9,12-16,23H2,1H3. The zero-order valence-corrected chi connectivity index (χ0v) is 16.2. The van der Waals surface area contributed by atoms with Crippen LogP contribution < -0.4 is 10.5 Å². The van der Waals surface area contributed by atoms with Crippen LogP contribution in [0.5, 0.6) is 5.75 Å². The van der Waals surface area contributed by atoms with Crippen LogP contribution in [0.4, 0.5) is 0 Å². The highest BCUT2D eigenvalue weighted by Crippen LogP contribution is 2.16. The summed E-state index contributed by atoms with van der Waals surface area (Å²) < 4.78 is 5.15. The first-order chi connectivity index (χ1) is 13.6. The zero-order chi connectivity index (χ0) is 19.9. The SMILES string of the molecule is COc1ccc(CCC(=O)N2CCN(C(=O)C(N)c3ccccc3)CC2)cc1. The fourth-order valence-electron chi connectivity index (χ4n) is 3.38. The molecular formula is C22H27N3O3. The molecule has 1 fully saturated rings. The first kappa shape index (κ1) is 19.9. The normalized spacial score (nSPS) is 15.2. The molecule has 0 saturated carbocycles. The third-order valence-corrected chi connectivity index (χ3v) is 5.16. The largest absolute Gasteiger partial charge is 0.497 e. The monoisotopic (exact) mass is 381 g/mol. The highest BCUT2D eigenvalue weighted by Gasteiger charge is 2.27. The van der Waals surface area contributed by atoms with Gasteiger partial charge in [-0.15, -0.1) is 0 Å². The van der Waals surface area contributed by atoms with Crippen molar-refractivity contribution in [3.05, 3.63) is 65.7 Å². The minimum atomic E-state index is -0.654. The van der Waals surface area contributed by atoms with E-state index in [2.05, 4.69) is 0 Å². The van der Waals surface area contributed by atoms with Gasteiger partial charge in [0.1, 0.15) is 11.8 Å². The predicted octanol–water partition coefficient (Wildman–Crippen LogP) is 2.00. The summed E-state index contributed by atoms with van der Waals surface area (Å²) in [7, 11) is 1.63. The van der Waals surface area contributed by atoms with Gasteiger partial charge in [-0.1, -0.05) is 42.5 Å². The van der Waals surface area contributed by atoms with Crippen LogP contribution in [0.25, 0.3) is 0 Å². The molecule has 0 aromatic heterocycles. The van der Waals surface area contributed by atoms with E-state index in [1.807, 2.05) is 59.5 Å². The molecule has 1 unspecified atom stereocenters. The quantitative estimate of drug-likeness (QED) is 0.830. The summed E-state index contributed by atoms with van der Waals surface area (Å²) in [6.45, 7) is 2.14.